The number of nitrogens with zero attached hydrogens (tertiary/aromatic N) is 1. The third kappa shape index (κ3) is 12.2. The number of carbonyl (C=O) groups excluding carboxylic acids is 1. The average Bonchev–Trinajstić information content (AvgIpc) is 2.42. The van der Waals surface area contributed by atoms with Gasteiger partial charge < -0.3 is 14.7 Å². The van der Waals surface area contributed by atoms with E-state index in [9.17, 15) is 4.79 Å². The molecule has 0 radical (unpaired) electrons. The fraction of sp³-hybridized carbons (Fsp3) is 0.812. The Hall–Kier alpha value is -0.870. The second kappa shape index (κ2) is 11.9. The van der Waals surface area contributed by atoms with Gasteiger partial charge in [-0.1, -0.05) is 19.4 Å². The molecule has 0 heterocycles. The number of aliphatic hydroxyl groups is 1. The molecule has 0 fully saturated rings. The maximum absolute atomic E-state index is 10.4. The van der Waals surface area contributed by atoms with Crippen LogP contribution in [0.25, 0.3) is 0 Å². The molecule has 0 unspecified atom stereocenters. The van der Waals surface area contributed by atoms with Crippen molar-refractivity contribution in [2.24, 2.45) is 0 Å². The number of aliphatic hydroxyl groups excluding tert-OH is 1. The second-order valence-corrected chi connectivity index (χ2v) is 5.72. The first-order chi connectivity index (χ1) is 9.25. The molecule has 0 saturated carbocycles. The zero-order valence-electron chi connectivity index (χ0n) is 14.3. The molecule has 0 aromatic carbocycles. The van der Waals surface area contributed by atoms with Crippen LogP contribution in [-0.2, 0) is 9.53 Å². The van der Waals surface area contributed by atoms with Crippen LogP contribution in [0.3, 0.4) is 0 Å². The molecule has 0 aromatic rings. The molecule has 20 heavy (non-hydrogen) atoms. The molecule has 0 bridgehead atoms. The van der Waals surface area contributed by atoms with E-state index in [1.54, 1.807) is 19.1 Å². The van der Waals surface area contributed by atoms with E-state index in [1.807, 2.05) is 27.7 Å². The van der Waals surface area contributed by atoms with Gasteiger partial charge >= 0.3 is 0 Å². The SMILES string of the molecule is CC/C(CO)=C(/CC)CCN(C)C=O.COC(C)(C)C. The minimum Gasteiger partial charge on any atom is -0.392 e. The molecule has 0 aliphatic carbocycles. The summed E-state index contributed by atoms with van der Waals surface area (Å²) in [5.74, 6) is 0. The summed E-state index contributed by atoms with van der Waals surface area (Å²) in [5, 5.41) is 9.11. The molecule has 4 heteroatoms. The first-order valence-corrected chi connectivity index (χ1v) is 7.26. The topological polar surface area (TPSA) is 49.8 Å². The summed E-state index contributed by atoms with van der Waals surface area (Å²) in [4.78, 5) is 12.0. The average molecular weight is 287 g/mol. The third-order valence-electron chi connectivity index (χ3n) is 3.10. The van der Waals surface area contributed by atoms with Gasteiger partial charge in [0, 0.05) is 20.7 Å². The predicted octanol–water partition coefficient (Wildman–Crippen LogP) is 3.00. The summed E-state index contributed by atoms with van der Waals surface area (Å²) in [5.41, 5.74) is 2.44. The van der Waals surface area contributed by atoms with Crippen LogP contribution in [-0.4, -0.2) is 49.3 Å². The Kier molecular flexibility index (Phi) is 12.8. The van der Waals surface area contributed by atoms with Crippen LogP contribution >= 0.6 is 0 Å². The van der Waals surface area contributed by atoms with Crippen LogP contribution in [0.2, 0.25) is 0 Å². The lowest BCUT2D eigenvalue weighted by Gasteiger charge is -2.14. The quantitative estimate of drug-likeness (QED) is 0.578. The van der Waals surface area contributed by atoms with E-state index in [4.69, 9.17) is 9.84 Å². The van der Waals surface area contributed by atoms with Crippen molar-refractivity contribution >= 4 is 6.41 Å². The van der Waals surface area contributed by atoms with E-state index in [0.29, 0.717) is 0 Å². The molecule has 1 amide bonds. The highest BCUT2D eigenvalue weighted by atomic mass is 16.5. The third-order valence-corrected chi connectivity index (χ3v) is 3.10. The zero-order valence-corrected chi connectivity index (χ0v) is 14.3. The van der Waals surface area contributed by atoms with Crippen molar-refractivity contribution in [1.82, 2.24) is 4.90 Å². The van der Waals surface area contributed by atoms with E-state index < -0.39 is 0 Å². The maximum atomic E-state index is 10.4. The number of methoxy groups -OCH3 is 1. The minimum absolute atomic E-state index is 0.0417. The molecular formula is C16H33NO3. The van der Waals surface area contributed by atoms with Crippen molar-refractivity contribution in [3.8, 4) is 0 Å². The van der Waals surface area contributed by atoms with Crippen molar-refractivity contribution in [3.63, 3.8) is 0 Å². The van der Waals surface area contributed by atoms with E-state index in [0.717, 1.165) is 37.8 Å². The zero-order chi connectivity index (χ0) is 16.2. The smallest absolute Gasteiger partial charge is 0.209 e. The minimum atomic E-state index is 0.0417. The second-order valence-electron chi connectivity index (χ2n) is 5.72. The molecule has 0 saturated heterocycles. The van der Waals surface area contributed by atoms with Crippen LogP contribution in [0.1, 0.15) is 53.9 Å². The molecule has 0 aliphatic rings. The number of ether oxygens (including phenoxy) is 1. The summed E-state index contributed by atoms with van der Waals surface area (Å²) in [6.45, 7) is 11.1. The fourth-order valence-electron chi connectivity index (χ4n) is 1.44. The van der Waals surface area contributed by atoms with Gasteiger partial charge in [-0.05, 0) is 45.6 Å². The number of hydrogen-bond acceptors (Lipinski definition) is 3. The van der Waals surface area contributed by atoms with Gasteiger partial charge in [-0.15, -0.1) is 0 Å². The highest BCUT2D eigenvalue weighted by molar-refractivity contribution is 5.46. The van der Waals surface area contributed by atoms with Crippen molar-refractivity contribution in [2.45, 2.75) is 59.5 Å². The highest BCUT2D eigenvalue weighted by Gasteiger charge is 2.04. The van der Waals surface area contributed by atoms with Gasteiger partial charge in [0.25, 0.3) is 0 Å². The largest absolute Gasteiger partial charge is 0.392 e. The molecule has 1 N–H and O–H groups in total. The predicted molar refractivity (Wildman–Crippen MR) is 84.8 cm³/mol. The van der Waals surface area contributed by atoms with Crippen molar-refractivity contribution < 1.29 is 14.6 Å². The van der Waals surface area contributed by atoms with Gasteiger partial charge in [0.1, 0.15) is 0 Å². The molecule has 0 rings (SSSR count). The van der Waals surface area contributed by atoms with Crippen LogP contribution in [0, 0.1) is 0 Å². The summed E-state index contributed by atoms with van der Waals surface area (Å²) >= 11 is 0. The maximum Gasteiger partial charge on any atom is 0.209 e. The van der Waals surface area contributed by atoms with E-state index >= 15 is 0 Å². The van der Waals surface area contributed by atoms with Crippen molar-refractivity contribution in [3.05, 3.63) is 11.1 Å². The van der Waals surface area contributed by atoms with Gasteiger partial charge in [0.2, 0.25) is 6.41 Å². The Morgan fingerprint density at radius 2 is 1.65 bits per heavy atom. The number of hydrogen-bond donors (Lipinski definition) is 1. The molecule has 0 spiro atoms. The summed E-state index contributed by atoms with van der Waals surface area (Å²) < 4.78 is 4.94. The van der Waals surface area contributed by atoms with Crippen molar-refractivity contribution in [1.29, 1.82) is 0 Å². The van der Waals surface area contributed by atoms with Gasteiger partial charge in [-0.25, -0.2) is 0 Å². The summed E-state index contributed by atoms with van der Waals surface area (Å²) in [7, 11) is 3.48. The fourth-order valence-corrected chi connectivity index (χ4v) is 1.44. The Morgan fingerprint density at radius 1 is 1.20 bits per heavy atom. The molecule has 120 valence electrons. The molecule has 0 atom stereocenters. The van der Waals surface area contributed by atoms with Gasteiger partial charge in [0.15, 0.2) is 0 Å². The lowest BCUT2D eigenvalue weighted by molar-refractivity contribution is -0.116. The molecule has 0 aliphatic heterocycles. The lowest BCUT2D eigenvalue weighted by atomic mass is 10.0. The molecule has 4 nitrogen and oxygen atoms in total. The normalized spacial score (nSPS) is 12.2. The molecule has 0 aromatic heterocycles. The van der Waals surface area contributed by atoms with Gasteiger partial charge in [-0.2, -0.15) is 0 Å². The first-order valence-electron chi connectivity index (χ1n) is 7.26. The highest BCUT2D eigenvalue weighted by Crippen LogP contribution is 2.15. The van der Waals surface area contributed by atoms with Crippen LogP contribution in [0.4, 0.5) is 0 Å². The number of carbonyl (C=O) groups is 1. The van der Waals surface area contributed by atoms with Gasteiger partial charge in [-0.3, -0.25) is 4.79 Å². The Labute approximate surface area is 124 Å². The lowest BCUT2D eigenvalue weighted by Crippen LogP contribution is -2.18. The number of amides is 1. The Morgan fingerprint density at radius 3 is 1.90 bits per heavy atom. The van der Waals surface area contributed by atoms with E-state index in [1.165, 1.54) is 5.57 Å². The van der Waals surface area contributed by atoms with Crippen LogP contribution < -0.4 is 0 Å². The monoisotopic (exact) mass is 287 g/mol. The molecular weight excluding hydrogens is 254 g/mol. The van der Waals surface area contributed by atoms with E-state index in [2.05, 4.69) is 6.92 Å². The first kappa shape index (κ1) is 21.4. The Balaban J connectivity index is 0. The standard InChI is InChI=1S/C11H21NO2.C5H12O/c1-4-10(11(5-2)8-13)6-7-12(3)9-14;1-5(2,3)6-4/h9,13H,4-8H2,1-3H3;1-4H3/b11-10+;. The van der Waals surface area contributed by atoms with Crippen LogP contribution in [0.15, 0.2) is 11.1 Å². The summed E-state index contributed by atoms with van der Waals surface area (Å²) in [6, 6.07) is 0. The van der Waals surface area contributed by atoms with Crippen LogP contribution in [0.5, 0.6) is 0 Å². The number of rotatable bonds is 7. The van der Waals surface area contributed by atoms with Crippen molar-refractivity contribution in [2.75, 3.05) is 27.3 Å². The Bertz CT molecular complexity index is 274. The van der Waals surface area contributed by atoms with E-state index in [-0.39, 0.29) is 12.2 Å². The van der Waals surface area contributed by atoms with Gasteiger partial charge in [0.05, 0.1) is 12.2 Å². The summed E-state index contributed by atoms with van der Waals surface area (Å²) in [6.07, 6.45) is 3.55.